The zero-order valence-electron chi connectivity index (χ0n) is 15.2. The van der Waals surface area contributed by atoms with Gasteiger partial charge in [0.1, 0.15) is 5.75 Å². The Morgan fingerprint density at radius 2 is 1.96 bits per heavy atom. The summed E-state index contributed by atoms with van der Waals surface area (Å²) in [6.45, 7) is 4.95. The molecule has 1 amide bonds. The van der Waals surface area contributed by atoms with Crippen molar-refractivity contribution in [1.29, 1.82) is 0 Å². The van der Waals surface area contributed by atoms with E-state index >= 15 is 0 Å². The first-order chi connectivity index (χ1) is 12.5. The van der Waals surface area contributed by atoms with Gasteiger partial charge in [-0.2, -0.15) is 0 Å². The first kappa shape index (κ1) is 21.0. The van der Waals surface area contributed by atoms with Crippen LogP contribution in [0.15, 0.2) is 12.1 Å². The summed E-state index contributed by atoms with van der Waals surface area (Å²) < 4.78 is 5.68. The summed E-state index contributed by atoms with van der Waals surface area (Å²) in [5.41, 5.74) is 0.327. The molecule has 7 heteroatoms. The molecular weight excluding hydrogens is 375 g/mol. The van der Waals surface area contributed by atoms with Gasteiger partial charge in [0.2, 0.25) is 5.91 Å². The van der Waals surface area contributed by atoms with Gasteiger partial charge in [0, 0.05) is 26.1 Å². The highest BCUT2D eigenvalue weighted by Gasteiger charge is 2.20. The number of benzene rings is 1. The SMILES string of the molecule is CCCCCCOc1cc(Cl)c(C(=O)CCN2CCNC(=O)C2)c(Cl)c1. The van der Waals surface area contributed by atoms with Gasteiger partial charge in [0.25, 0.3) is 0 Å². The van der Waals surface area contributed by atoms with Crippen LogP contribution in [0.25, 0.3) is 0 Å². The molecule has 0 spiro atoms. The summed E-state index contributed by atoms with van der Waals surface area (Å²) in [5, 5.41) is 3.38. The van der Waals surface area contributed by atoms with Gasteiger partial charge < -0.3 is 10.1 Å². The predicted molar refractivity (Wildman–Crippen MR) is 104 cm³/mol. The zero-order valence-corrected chi connectivity index (χ0v) is 16.7. The van der Waals surface area contributed by atoms with Crippen LogP contribution < -0.4 is 10.1 Å². The Balaban J connectivity index is 1.89. The number of piperazine rings is 1. The molecule has 0 aromatic heterocycles. The third kappa shape index (κ3) is 6.45. The second-order valence-electron chi connectivity index (χ2n) is 6.47. The highest BCUT2D eigenvalue weighted by molar-refractivity contribution is 6.40. The number of nitrogens with zero attached hydrogens (tertiary/aromatic N) is 1. The molecule has 1 saturated heterocycles. The van der Waals surface area contributed by atoms with Gasteiger partial charge in [0.05, 0.1) is 28.8 Å². The minimum Gasteiger partial charge on any atom is -0.493 e. The highest BCUT2D eigenvalue weighted by Crippen LogP contribution is 2.31. The standard InChI is InChI=1S/C19H26Cl2N2O3/c1-2-3-4-5-10-26-14-11-15(20)19(16(21)12-14)17(24)6-8-23-9-7-22-18(25)13-23/h11-12H,2-10,13H2,1H3,(H,22,25). The Morgan fingerprint density at radius 1 is 1.23 bits per heavy atom. The molecule has 144 valence electrons. The van der Waals surface area contributed by atoms with E-state index in [1.165, 1.54) is 12.8 Å². The van der Waals surface area contributed by atoms with E-state index in [-0.39, 0.29) is 18.1 Å². The van der Waals surface area contributed by atoms with E-state index in [0.29, 0.717) is 47.6 Å². The molecule has 1 aliphatic rings. The third-order valence-corrected chi connectivity index (χ3v) is 4.93. The van der Waals surface area contributed by atoms with Crippen LogP contribution in [0.1, 0.15) is 49.4 Å². The van der Waals surface area contributed by atoms with Gasteiger partial charge >= 0.3 is 0 Å². The normalized spacial score (nSPS) is 15.0. The number of halogens is 2. The lowest BCUT2D eigenvalue weighted by Crippen LogP contribution is -2.48. The molecule has 5 nitrogen and oxygen atoms in total. The third-order valence-electron chi connectivity index (χ3n) is 4.33. The maximum atomic E-state index is 12.5. The molecule has 1 fully saturated rings. The van der Waals surface area contributed by atoms with E-state index in [4.69, 9.17) is 27.9 Å². The Morgan fingerprint density at radius 3 is 2.62 bits per heavy atom. The zero-order chi connectivity index (χ0) is 18.9. The molecule has 1 aromatic rings. The Bertz CT molecular complexity index is 614. The van der Waals surface area contributed by atoms with Gasteiger partial charge in [0.15, 0.2) is 5.78 Å². The molecule has 0 radical (unpaired) electrons. The summed E-state index contributed by atoms with van der Waals surface area (Å²) in [4.78, 5) is 25.9. The fourth-order valence-corrected chi connectivity index (χ4v) is 3.56. The van der Waals surface area contributed by atoms with Crippen molar-refractivity contribution in [3.8, 4) is 5.75 Å². The van der Waals surface area contributed by atoms with Crippen molar-refractivity contribution in [2.24, 2.45) is 0 Å². The lowest BCUT2D eigenvalue weighted by molar-refractivity contribution is -0.124. The van der Waals surface area contributed by atoms with Gasteiger partial charge in [-0.25, -0.2) is 0 Å². The first-order valence-electron chi connectivity index (χ1n) is 9.15. The van der Waals surface area contributed by atoms with E-state index < -0.39 is 0 Å². The van der Waals surface area contributed by atoms with Gasteiger partial charge in [-0.3, -0.25) is 14.5 Å². The average Bonchev–Trinajstić information content (AvgIpc) is 2.59. The van der Waals surface area contributed by atoms with Crippen LogP contribution in [-0.2, 0) is 4.79 Å². The van der Waals surface area contributed by atoms with Gasteiger partial charge in [-0.15, -0.1) is 0 Å². The minimum absolute atomic E-state index is 0.0137. The topological polar surface area (TPSA) is 58.6 Å². The minimum atomic E-state index is -0.125. The van der Waals surface area contributed by atoms with Crippen molar-refractivity contribution in [1.82, 2.24) is 10.2 Å². The molecule has 1 heterocycles. The van der Waals surface area contributed by atoms with Crippen LogP contribution in [0.2, 0.25) is 10.0 Å². The van der Waals surface area contributed by atoms with Crippen LogP contribution in [0, 0.1) is 0 Å². The fraction of sp³-hybridized carbons (Fsp3) is 0.579. The molecule has 2 rings (SSSR count). The second-order valence-corrected chi connectivity index (χ2v) is 7.28. The average molecular weight is 401 g/mol. The lowest BCUT2D eigenvalue weighted by Gasteiger charge is -2.26. The molecule has 0 unspecified atom stereocenters. The van der Waals surface area contributed by atoms with E-state index in [9.17, 15) is 9.59 Å². The molecule has 0 bridgehead atoms. The number of hydrogen-bond donors (Lipinski definition) is 1. The number of nitrogens with one attached hydrogen (secondary N) is 1. The number of Topliss-reactive ketones (excluding diaryl/α,β-unsaturated/α-hetero) is 1. The van der Waals surface area contributed by atoms with Crippen LogP contribution in [-0.4, -0.2) is 49.4 Å². The molecular formula is C19H26Cl2N2O3. The lowest BCUT2D eigenvalue weighted by atomic mass is 10.1. The molecule has 0 atom stereocenters. The summed E-state index contributed by atoms with van der Waals surface area (Å²) in [6.07, 6.45) is 4.74. The van der Waals surface area contributed by atoms with Crippen molar-refractivity contribution >= 4 is 34.9 Å². The van der Waals surface area contributed by atoms with E-state index in [2.05, 4.69) is 12.2 Å². The Hall–Kier alpha value is -1.30. The molecule has 1 aromatic carbocycles. The molecule has 1 N–H and O–H groups in total. The van der Waals surface area contributed by atoms with Gasteiger partial charge in [-0.05, 0) is 18.6 Å². The molecule has 26 heavy (non-hydrogen) atoms. The Labute approximate surface area is 165 Å². The summed E-state index contributed by atoms with van der Waals surface area (Å²) >= 11 is 12.5. The van der Waals surface area contributed by atoms with Crippen LogP contribution >= 0.6 is 23.2 Å². The molecule has 0 aliphatic carbocycles. The van der Waals surface area contributed by atoms with Crippen LogP contribution in [0.3, 0.4) is 0 Å². The fourth-order valence-electron chi connectivity index (χ4n) is 2.89. The number of rotatable bonds is 10. The van der Waals surface area contributed by atoms with Crippen LogP contribution in [0.5, 0.6) is 5.75 Å². The molecule has 0 saturated carbocycles. The number of ether oxygens (including phenoxy) is 1. The quantitative estimate of drug-likeness (QED) is 0.476. The number of unbranched alkanes of at least 4 members (excludes halogenated alkanes) is 3. The second kappa shape index (κ2) is 10.8. The Kier molecular flexibility index (Phi) is 8.69. The molecule has 1 aliphatic heterocycles. The largest absolute Gasteiger partial charge is 0.493 e. The van der Waals surface area contributed by atoms with Gasteiger partial charge in [-0.1, -0.05) is 49.4 Å². The number of carbonyl (C=O) groups excluding carboxylic acids is 2. The number of carbonyl (C=O) groups is 2. The van der Waals surface area contributed by atoms with E-state index in [1.807, 2.05) is 4.90 Å². The maximum absolute atomic E-state index is 12.5. The summed E-state index contributed by atoms with van der Waals surface area (Å²) in [7, 11) is 0. The summed E-state index contributed by atoms with van der Waals surface area (Å²) in [5.74, 6) is 0.446. The monoisotopic (exact) mass is 400 g/mol. The predicted octanol–water partition coefficient (Wildman–Crippen LogP) is 3.96. The van der Waals surface area contributed by atoms with Crippen molar-refractivity contribution < 1.29 is 14.3 Å². The van der Waals surface area contributed by atoms with E-state index in [0.717, 1.165) is 19.4 Å². The van der Waals surface area contributed by atoms with Crippen LogP contribution in [0.4, 0.5) is 0 Å². The van der Waals surface area contributed by atoms with Crippen molar-refractivity contribution in [2.75, 3.05) is 32.8 Å². The smallest absolute Gasteiger partial charge is 0.234 e. The number of amides is 1. The van der Waals surface area contributed by atoms with Crippen molar-refractivity contribution in [3.05, 3.63) is 27.7 Å². The number of hydrogen-bond acceptors (Lipinski definition) is 4. The highest BCUT2D eigenvalue weighted by atomic mass is 35.5. The maximum Gasteiger partial charge on any atom is 0.234 e. The van der Waals surface area contributed by atoms with Crippen molar-refractivity contribution in [2.45, 2.75) is 39.0 Å². The van der Waals surface area contributed by atoms with Crippen molar-refractivity contribution in [3.63, 3.8) is 0 Å². The first-order valence-corrected chi connectivity index (χ1v) is 9.91. The summed E-state index contributed by atoms with van der Waals surface area (Å²) in [6, 6.07) is 3.30. The van der Waals surface area contributed by atoms with E-state index in [1.54, 1.807) is 12.1 Å². The number of ketones is 1.